The first-order valence-corrected chi connectivity index (χ1v) is 7.71. The summed E-state index contributed by atoms with van der Waals surface area (Å²) in [6.07, 6.45) is 6.39. The van der Waals surface area contributed by atoms with Crippen LogP contribution >= 0.6 is 0 Å². The molecule has 0 radical (unpaired) electrons. The average molecular weight is 260 g/mol. The lowest BCUT2D eigenvalue weighted by Crippen LogP contribution is -2.44. The monoisotopic (exact) mass is 260 g/mol. The van der Waals surface area contributed by atoms with Crippen molar-refractivity contribution in [2.24, 2.45) is 0 Å². The largest absolute Gasteiger partial charge is 0.312 e. The Balaban J connectivity index is 2.13. The van der Waals surface area contributed by atoms with Gasteiger partial charge < -0.3 is 10.2 Å². The maximum absolute atomic E-state index is 3.70. The fourth-order valence-corrected chi connectivity index (χ4v) is 3.21. The van der Waals surface area contributed by atoms with Crippen molar-refractivity contribution in [3.8, 4) is 0 Å². The van der Waals surface area contributed by atoms with Crippen LogP contribution in [0, 0.1) is 0 Å². The smallest absolute Gasteiger partial charge is 0.0495 e. The molecule has 1 fully saturated rings. The zero-order valence-corrected chi connectivity index (χ0v) is 12.7. The molecule has 1 N–H and O–H groups in total. The summed E-state index contributed by atoms with van der Waals surface area (Å²) >= 11 is 0. The Morgan fingerprint density at radius 2 is 1.95 bits per heavy atom. The van der Waals surface area contributed by atoms with Gasteiger partial charge in [0.2, 0.25) is 0 Å². The van der Waals surface area contributed by atoms with E-state index in [1.165, 1.54) is 49.8 Å². The first-order chi connectivity index (χ1) is 9.22. The Kier molecular flexibility index (Phi) is 5.41. The molecule has 0 amide bonds. The SMILES string of the molecule is CCCc1ccc(C(C2CCCCN2)N(C)C)cc1. The van der Waals surface area contributed by atoms with Crippen LogP contribution in [-0.4, -0.2) is 31.6 Å². The molecular formula is C17H28N2. The Morgan fingerprint density at radius 1 is 1.21 bits per heavy atom. The predicted molar refractivity (Wildman–Crippen MR) is 82.5 cm³/mol. The van der Waals surface area contributed by atoms with Crippen molar-refractivity contribution in [3.63, 3.8) is 0 Å². The van der Waals surface area contributed by atoms with Gasteiger partial charge in [-0.05, 0) is 51.0 Å². The van der Waals surface area contributed by atoms with Gasteiger partial charge in [-0.3, -0.25) is 0 Å². The van der Waals surface area contributed by atoms with Crippen molar-refractivity contribution in [2.45, 2.75) is 51.1 Å². The Bertz CT molecular complexity index is 363. The Hall–Kier alpha value is -0.860. The summed E-state index contributed by atoms with van der Waals surface area (Å²) in [5.41, 5.74) is 2.91. The maximum atomic E-state index is 3.70. The zero-order chi connectivity index (χ0) is 13.7. The van der Waals surface area contributed by atoms with Gasteiger partial charge in [0.05, 0.1) is 0 Å². The molecule has 0 spiro atoms. The third kappa shape index (κ3) is 3.80. The van der Waals surface area contributed by atoms with E-state index in [2.05, 4.69) is 55.5 Å². The number of nitrogens with zero attached hydrogens (tertiary/aromatic N) is 1. The van der Waals surface area contributed by atoms with Gasteiger partial charge in [-0.25, -0.2) is 0 Å². The van der Waals surface area contributed by atoms with Crippen LogP contribution in [0.3, 0.4) is 0 Å². The van der Waals surface area contributed by atoms with E-state index in [1.807, 2.05) is 0 Å². The van der Waals surface area contributed by atoms with E-state index in [4.69, 9.17) is 0 Å². The summed E-state index contributed by atoms with van der Waals surface area (Å²) < 4.78 is 0. The minimum Gasteiger partial charge on any atom is -0.312 e. The van der Waals surface area contributed by atoms with E-state index in [-0.39, 0.29) is 0 Å². The van der Waals surface area contributed by atoms with E-state index in [9.17, 15) is 0 Å². The van der Waals surface area contributed by atoms with Crippen LogP contribution in [0.15, 0.2) is 24.3 Å². The fourth-order valence-electron chi connectivity index (χ4n) is 3.21. The highest BCUT2D eigenvalue weighted by atomic mass is 15.1. The standard InChI is InChI=1S/C17H28N2/c1-4-7-14-9-11-15(12-10-14)17(19(2)3)16-8-5-6-13-18-16/h9-12,16-18H,4-8,13H2,1-3H3. The van der Waals surface area contributed by atoms with Crippen molar-refractivity contribution in [3.05, 3.63) is 35.4 Å². The molecule has 2 rings (SSSR count). The van der Waals surface area contributed by atoms with Gasteiger partial charge in [0, 0.05) is 12.1 Å². The molecular weight excluding hydrogens is 232 g/mol. The molecule has 106 valence electrons. The van der Waals surface area contributed by atoms with Crippen LogP contribution in [0.5, 0.6) is 0 Å². The van der Waals surface area contributed by atoms with Crippen LogP contribution in [0.2, 0.25) is 0 Å². The van der Waals surface area contributed by atoms with Crippen LogP contribution < -0.4 is 5.32 Å². The molecule has 1 saturated heterocycles. The van der Waals surface area contributed by atoms with Gasteiger partial charge in [-0.15, -0.1) is 0 Å². The van der Waals surface area contributed by atoms with Gasteiger partial charge in [-0.1, -0.05) is 44.0 Å². The third-order valence-electron chi connectivity index (χ3n) is 4.15. The Morgan fingerprint density at radius 3 is 2.47 bits per heavy atom. The maximum Gasteiger partial charge on any atom is 0.0495 e. The molecule has 2 nitrogen and oxygen atoms in total. The van der Waals surface area contributed by atoms with Gasteiger partial charge >= 0.3 is 0 Å². The average Bonchev–Trinajstić information content (AvgIpc) is 2.42. The van der Waals surface area contributed by atoms with Crippen LogP contribution in [0.4, 0.5) is 0 Å². The van der Waals surface area contributed by atoms with Crippen molar-refractivity contribution in [1.82, 2.24) is 10.2 Å². The lowest BCUT2D eigenvalue weighted by molar-refractivity contribution is 0.205. The second-order valence-corrected chi connectivity index (χ2v) is 5.96. The van der Waals surface area contributed by atoms with Crippen LogP contribution in [0.1, 0.15) is 49.8 Å². The van der Waals surface area contributed by atoms with Crippen LogP contribution in [-0.2, 0) is 6.42 Å². The summed E-state index contributed by atoms with van der Waals surface area (Å²) in [6, 6.07) is 10.4. The summed E-state index contributed by atoms with van der Waals surface area (Å²) in [7, 11) is 4.39. The molecule has 1 heterocycles. The first-order valence-electron chi connectivity index (χ1n) is 7.71. The van der Waals surface area contributed by atoms with E-state index < -0.39 is 0 Å². The van der Waals surface area contributed by atoms with Gasteiger partial charge in [0.15, 0.2) is 0 Å². The number of hydrogen-bond donors (Lipinski definition) is 1. The molecule has 1 aromatic rings. The molecule has 2 atom stereocenters. The highest BCUT2D eigenvalue weighted by molar-refractivity contribution is 5.26. The summed E-state index contributed by atoms with van der Waals surface area (Å²) in [6.45, 7) is 3.41. The molecule has 0 saturated carbocycles. The predicted octanol–water partition coefficient (Wildman–Crippen LogP) is 3.38. The molecule has 1 aromatic carbocycles. The summed E-state index contributed by atoms with van der Waals surface area (Å²) in [5.74, 6) is 0. The second-order valence-electron chi connectivity index (χ2n) is 5.96. The van der Waals surface area contributed by atoms with Gasteiger partial charge in [0.25, 0.3) is 0 Å². The lowest BCUT2D eigenvalue weighted by Gasteiger charge is -2.36. The van der Waals surface area contributed by atoms with Crippen molar-refractivity contribution < 1.29 is 0 Å². The lowest BCUT2D eigenvalue weighted by atomic mass is 9.91. The number of rotatable bonds is 5. The van der Waals surface area contributed by atoms with Crippen LogP contribution in [0.25, 0.3) is 0 Å². The molecule has 0 aliphatic carbocycles. The minimum atomic E-state index is 0.496. The molecule has 19 heavy (non-hydrogen) atoms. The van der Waals surface area contributed by atoms with Crippen molar-refractivity contribution in [2.75, 3.05) is 20.6 Å². The molecule has 2 unspecified atom stereocenters. The van der Waals surface area contributed by atoms with Crippen molar-refractivity contribution in [1.29, 1.82) is 0 Å². The second kappa shape index (κ2) is 7.06. The molecule has 0 aromatic heterocycles. The first kappa shape index (κ1) is 14.5. The number of hydrogen-bond acceptors (Lipinski definition) is 2. The number of piperidine rings is 1. The normalized spacial score (nSPS) is 21.6. The number of aryl methyl sites for hydroxylation is 1. The molecule has 0 bridgehead atoms. The summed E-state index contributed by atoms with van der Waals surface area (Å²) in [5, 5.41) is 3.70. The van der Waals surface area contributed by atoms with E-state index in [1.54, 1.807) is 0 Å². The third-order valence-corrected chi connectivity index (χ3v) is 4.15. The minimum absolute atomic E-state index is 0.496. The molecule has 1 aliphatic rings. The number of nitrogens with one attached hydrogen (secondary N) is 1. The van der Waals surface area contributed by atoms with Gasteiger partial charge in [0.1, 0.15) is 0 Å². The van der Waals surface area contributed by atoms with Gasteiger partial charge in [-0.2, -0.15) is 0 Å². The van der Waals surface area contributed by atoms with E-state index >= 15 is 0 Å². The number of benzene rings is 1. The topological polar surface area (TPSA) is 15.3 Å². The van der Waals surface area contributed by atoms with E-state index in [0.717, 1.165) is 0 Å². The zero-order valence-electron chi connectivity index (χ0n) is 12.7. The Labute approximate surface area is 118 Å². The molecule has 1 aliphatic heterocycles. The highest BCUT2D eigenvalue weighted by Crippen LogP contribution is 2.27. The summed E-state index contributed by atoms with van der Waals surface area (Å²) in [4.78, 5) is 2.36. The molecule has 2 heteroatoms. The van der Waals surface area contributed by atoms with E-state index in [0.29, 0.717) is 12.1 Å². The van der Waals surface area contributed by atoms with Crippen molar-refractivity contribution >= 4 is 0 Å². The fraction of sp³-hybridized carbons (Fsp3) is 0.647. The highest BCUT2D eigenvalue weighted by Gasteiger charge is 2.26. The quantitative estimate of drug-likeness (QED) is 0.873. The number of likely N-dealkylation sites (N-methyl/N-ethyl adjacent to an activating group) is 1.